The first kappa shape index (κ1) is 14.8. The first-order valence-corrected chi connectivity index (χ1v) is 7.23. The minimum absolute atomic E-state index is 0.0885. The third-order valence-corrected chi connectivity index (χ3v) is 4.05. The van der Waals surface area contributed by atoms with Crippen molar-refractivity contribution in [1.29, 1.82) is 0 Å². The highest BCUT2D eigenvalue weighted by Gasteiger charge is 2.18. The second-order valence-electron chi connectivity index (χ2n) is 4.65. The van der Waals surface area contributed by atoms with Crippen LogP contribution in [0.15, 0.2) is 53.0 Å². The lowest BCUT2D eigenvalue weighted by molar-refractivity contribution is -0.117. The highest BCUT2D eigenvalue weighted by atomic mass is 79.9. The molecule has 2 aromatic rings. The number of rotatable bonds is 4. The molecular weight excluding hydrogens is 316 g/mol. The van der Waals surface area contributed by atoms with Crippen LogP contribution in [0.2, 0.25) is 0 Å². The summed E-state index contributed by atoms with van der Waals surface area (Å²) in [5.74, 6) is -0.425. The van der Waals surface area contributed by atoms with Crippen LogP contribution in [-0.2, 0) is 4.79 Å². The van der Waals surface area contributed by atoms with Crippen LogP contribution in [0.1, 0.15) is 17.0 Å². The zero-order chi connectivity index (χ0) is 14.5. The van der Waals surface area contributed by atoms with Crippen LogP contribution in [0.25, 0.3) is 0 Å². The lowest BCUT2D eigenvalue weighted by Gasteiger charge is -2.15. The van der Waals surface area contributed by atoms with Gasteiger partial charge in [0.05, 0.1) is 5.92 Å². The Bertz CT molecular complexity index is 599. The van der Waals surface area contributed by atoms with E-state index in [1.54, 1.807) is 0 Å². The third-order valence-electron chi connectivity index (χ3n) is 3.19. The average molecular weight is 333 g/mol. The van der Waals surface area contributed by atoms with Crippen molar-refractivity contribution in [2.75, 3.05) is 11.9 Å². The van der Waals surface area contributed by atoms with Gasteiger partial charge >= 0.3 is 0 Å². The molecule has 3 nitrogen and oxygen atoms in total. The summed E-state index contributed by atoms with van der Waals surface area (Å²) in [6.45, 7) is 2.28. The van der Waals surface area contributed by atoms with Gasteiger partial charge in [-0.1, -0.05) is 52.3 Å². The van der Waals surface area contributed by atoms with Crippen molar-refractivity contribution in [3.63, 3.8) is 0 Å². The molecule has 0 fully saturated rings. The van der Waals surface area contributed by atoms with Crippen molar-refractivity contribution < 1.29 is 4.79 Å². The van der Waals surface area contributed by atoms with E-state index < -0.39 is 0 Å². The zero-order valence-electron chi connectivity index (χ0n) is 11.3. The number of benzene rings is 2. The molecule has 2 aromatic carbocycles. The number of carbonyl (C=O) groups excluding carboxylic acids is 1. The largest absolute Gasteiger partial charge is 0.329 e. The van der Waals surface area contributed by atoms with Crippen LogP contribution in [-0.4, -0.2) is 12.5 Å². The minimum Gasteiger partial charge on any atom is -0.329 e. The number of nitrogens with one attached hydrogen (secondary N) is 1. The topological polar surface area (TPSA) is 55.1 Å². The molecular formula is C16H17BrN2O. The Labute approximate surface area is 127 Å². The van der Waals surface area contributed by atoms with Gasteiger partial charge in [0.2, 0.25) is 5.91 Å². The third kappa shape index (κ3) is 3.46. The Morgan fingerprint density at radius 2 is 1.95 bits per heavy atom. The molecule has 1 unspecified atom stereocenters. The van der Waals surface area contributed by atoms with Crippen molar-refractivity contribution in [1.82, 2.24) is 0 Å². The van der Waals surface area contributed by atoms with Crippen LogP contribution in [0, 0.1) is 6.92 Å². The first-order valence-electron chi connectivity index (χ1n) is 6.44. The number of halogens is 1. The Morgan fingerprint density at radius 1 is 1.25 bits per heavy atom. The summed E-state index contributed by atoms with van der Waals surface area (Å²) >= 11 is 3.46. The standard InChI is InChI=1S/C16H17BrN2O/c1-11-7-8-13(9-15(11)17)19-16(20)14(10-18)12-5-3-2-4-6-12/h2-9,14H,10,18H2,1H3,(H,19,20). The summed E-state index contributed by atoms with van der Waals surface area (Å²) in [5, 5.41) is 2.91. The molecule has 3 N–H and O–H groups in total. The van der Waals surface area contributed by atoms with Gasteiger partial charge in [-0.25, -0.2) is 0 Å². The molecule has 0 spiro atoms. The maximum atomic E-state index is 12.3. The summed E-state index contributed by atoms with van der Waals surface area (Å²) < 4.78 is 0.972. The molecule has 0 saturated heterocycles. The van der Waals surface area contributed by atoms with Crippen LogP contribution in [0.3, 0.4) is 0 Å². The zero-order valence-corrected chi connectivity index (χ0v) is 12.9. The van der Waals surface area contributed by atoms with E-state index in [2.05, 4.69) is 21.2 Å². The summed E-state index contributed by atoms with van der Waals surface area (Å²) in [5.41, 5.74) is 8.56. The van der Waals surface area contributed by atoms with E-state index in [0.29, 0.717) is 0 Å². The van der Waals surface area contributed by atoms with Crippen LogP contribution in [0.5, 0.6) is 0 Å². The number of aryl methyl sites for hydroxylation is 1. The summed E-state index contributed by atoms with van der Waals surface area (Å²) in [6, 6.07) is 15.3. The predicted molar refractivity (Wildman–Crippen MR) is 85.7 cm³/mol. The minimum atomic E-state index is -0.337. The molecule has 1 atom stereocenters. The summed E-state index contributed by atoms with van der Waals surface area (Å²) in [6.07, 6.45) is 0. The Kier molecular flexibility index (Phi) is 4.93. The lowest BCUT2D eigenvalue weighted by Crippen LogP contribution is -2.27. The van der Waals surface area contributed by atoms with Gasteiger partial charge < -0.3 is 11.1 Å². The fraction of sp³-hybridized carbons (Fsp3) is 0.188. The van der Waals surface area contributed by atoms with E-state index >= 15 is 0 Å². The summed E-state index contributed by atoms with van der Waals surface area (Å²) in [7, 11) is 0. The number of anilines is 1. The van der Waals surface area contributed by atoms with Crippen LogP contribution >= 0.6 is 15.9 Å². The Balaban J connectivity index is 2.15. The smallest absolute Gasteiger partial charge is 0.233 e. The van der Waals surface area contributed by atoms with Crippen LogP contribution < -0.4 is 11.1 Å². The van der Waals surface area contributed by atoms with Crippen molar-refractivity contribution in [3.05, 3.63) is 64.1 Å². The van der Waals surface area contributed by atoms with E-state index in [1.165, 1.54) is 0 Å². The molecule has 0 aliphatic heterocycles. The maximum absolute atomic E-state index is 12.3. The van der Waals surface area contributed by atoms with Gasteiger partial charge in [0.1, 0.15) is 0 Å². The highest BCUT2D eigenvalue weighted by Crippen LogP contribution is 2.22. The monoisotopic (exact) mass is 332 g/mol. The quantitative estimate of drug-likeness (QED) is 0.901. The van der Waals surface area contributed by atoms with Gasteiger partial charge in [-0.05, 0) is 30.2 Å². The molecule has 104 valence electrons. The first-order chi connectivity index (χ1) is 9.61. The summed E-state index contributed by atoms with van der Waals surface area (Å²) in [4.78, 5) is 12.3. The van der Waals surface area contributed by atoms with Crippen LogP contribution in [0.4, 0.5) is 5.69 Å². The molecule has 20 heavy (non-hydrogen) atoms. The van der Waals surface area contributed by atoms with Crippen molar-refractivity contribution in [2.45, 2.75) is 12.8 Å². The normalized spacial score (nSPS) is 11.9. The van der Waals surface area contributed by atoms with Gasteiger partial charge in [-0.3, -0.25) is 4.79 Å². The molecule has 0 aliphatic rings. The van der Waals surface area contributed by atoms with E-state index in [0.717, 1.165) is 21.3 Å². The number of carbonyl (C=O) groups is 1. The average Bonchev–Trinajstić information content (AvgIpc) is 2.45. The molecule has 0 aromatic heterocycles. The fourth-order valence-corrected chi connectivity index (χ4v) is 2.36. The van der Waals surface area contributed by atoms with Gasteiger partial charge in [0.25, 0.3) is 0 Å². The molecule has 0 saturated carbocycles. The van der Waals surface area contributed by atoms with E-state index in [-0.39, 0.29) is 18.4 Å². The Hall–Kier alpha value is -1.65. The van der Waals surface area contributed by atoms with Gasteiger partial charge in [-0.2, -0.15) is 0 Å². The second kappa shape index (κ2) is 6.68. The van der Waals surface area contributed by atoms with Gasteiger partial charge in [0.15, 0.2) is 0 Å². The fourth-order valence-electron chi connectivity index (χ4n) is 1.98. The lowest BCUT2D eigenvalue weighted by atomic mass is 9.98. The van der Waals surface area contributed by atoms with E-state index in [4.69, 9.17) is 5.73 Å². The molecule has 0 aliphatic carbocycles. The van der Waals surface area contributed by atoms with Gasteiger partial charge in [-0.15, -0.1) is 0 Å². The number of hydrogen-bond acceptors (Lipinski definition) is 2. The molecule has 0 bridgehead atoms. The molecule has 2 rings (SSSR count). The molecule has 0 heterocycles. The van der Waals surface area contributed by atoms with E-state index in [9.17, 15) is 4.79 Å². The van der Waals surface area contributed by atoms with Crippen molar-refractivity contribution >= 4 is 27.5 Å². The van der Waals surface area contributed by atoms with E-state index in [1.807, 2.05) is 55.5 Å². The molecule has 1 amide bonds. The maximum Gasteiger partial charge on any atom is 0.233 e. The predicted octanol–water partition coefficient (Wildman–Crippen LogP) is 3.44. The van der Waals surface area contributed by atoms with Gasteiger partial charge in [0, 0.05) is 16.7 Å². The second-order valence-corrected chi connectivity index (χ2v) is 5.51. The number of amides is 1. The number of nitrogens with two attached hydrogens (primary N) is 1. The molecule has 0 radical (unpaired) electrons. The molecule has 4 heteroatoms. The Morgan fingerprint density at radius 3 is 2.55 bits per heavy atom. The van der Waals surface area contributed by atoms with Crippen molar-refractivity contribution in [3.8, 4) is 0 Å². The number of hydrogen-bond donors (Lipinski definition) is 2. The van der Waals surface area contributed by atoms with Crippen molar-refractivity contribution in [2.24, 2.45) is 5.73 Å². The SMILES string of the molecule is Cc1ccc(NC(=O)C(CN)c2ccccc2)cc1Br. The highest BCUT2D eigenvalue weighted by molar-refractivity contribution is 9.10.